The molecule has 1 aliphatic carbocycles. The zero-order valence-corrected chi connectivity index (χ0v) is 18.6. The fourth-order valence-electron chi connectivity index (χ4n) is 4.86. The number of nitrogens with two attached hydrogens (primary N) is 1. The second kappa shape index (κ2) is 9.09. The van der Waals surface area contributed by atoms with Gasteiger partial charge in [0, 0.05) is 23.7 Å². The van der Waals surface area contributed by atoms with Crippen LogP contribution in [0.2, 0.25) is 0 Å². The van der Waals surface area contributed by atoms with E-state index in [4.69, 9.17) is 10.5 Å². The number of rotatable bonds is 4. The van der Waals surface area contributed by atoms with Gasteiger partial charge in [-0.15, -0.1) is 0 Å². The van der Waals surface area contributed by atoms with E-state index < -0.39 is 29.8 Å². The van der Waals surface area contributed by atoms with Crippen LogP contribution in [0.3, 0.4) is 0 Å². The molecule has 1 amide bonds. The Bertz CT molecular complexity index is 1190. The first kappa shape index (κ1) is 22.4. The predicted octanol–water partition coefficient (Wildman–Crippen LogP) is 2.87. The number of benzene rings is 1. The summed E-state index contributed by atoms with van der Waals surface area (Å²) in [6.07, 6.45) is 5.97. The first-order valence-corrected chi connectivity index (χ1v) is 11.4. The van der Waals surface area contributed by atoms with Gasteiger partial charge in [0.25, 0.3) is 5.91 Å². The largest absolute Gasteiger partial charge is 0.390 e. The maximum absolute atomic E-state index is 13.1. The summed E-state index contributed by atoms with van der Waals surface area (Å²) in [7, 11) is 0. The Morgan fingerprint density at radius 2 is 2.00 bits per heavy atom. The summed E-state index contributed by atoms with van der Waals surface area (Å²) in [6.45, 7) is 0. The third-order valence-electron chi connectivity index (χ3n) is 6.73. The number of fused-ring (bicyclic) bond motifs is 1. The highest BCUT2D eigenvalue weighted by atomic mass is 16.5. The van der Waals surface area contributed by atoms with Gasteiger partial charge < -0.3 is 26.0 Å². The van der Waals surface area contributed by atoms with E-state index in [0.29, 0.717) is 29.8 Å². The second-order valence-corrected chi connectivity index (χ2v) is 8.87. The Hall–Kier alpha value is -3.40. The van der Waals surface area contributed by atoms with Crippen molar-refractivity contribution in [2.24, 2.45) is 0 Å². The molecule has 1 aromatic carbocycles. The zero-order valence-electron chi connectivity index (χ0n) is 18.6. The molecule has 5 N–H and O–H groups in total. The Morgan fingerprint density at radius 3 is 2.82 bits per heavy atom. The summed E-state index contributed by atoms with van der Waals surface area (Å²) in [5.74, 6) is -0.512. The number of nitrogens with one attached hydrogen (secondary N) is 1. The summed E-state index contributed by atoms with van der Waals surface area (Å²) >= 11 is 0. The van der Waals surface area contributed by atoms with E-state index >= 15 is 0 Å². The SMILES string of the molecule is Nc1ncc(-c2ccccc2)nc1C(=O)Nc1cnccc1C1CC(O)C2(O)CCCCC2O1. The molecule has 3 heterocycles. The molecule has 2 aliphatic rings. The van der Waals surface area contributed by atoms with Gasteiger partial charge >= 0.3 is 0 Å². The molecule has 1 aliphatic heterocycles. The highest BCUT2D eigenvalue weighted by molar-refractivity contribution is 6.06. The van der Waals surface area contributed by atoms with Crippen molar-refractivity contribution in [2.45, 2.75) is 56.0 Å². The molecule has 34 heavy (non-hydrogen) atoms. The topological polar surface area (TPSA) is 143 Å². The van der Waals surface area contributed by atoms with Crippen molar-refractivity contribution in [1.29, 1.82) is 0 Å². The van der Waals surface area contributed by atoms with Crippen molar-refractivity contribution in [1.82, 2.24) is 15.0 Å². The van der Waals surface area contributed by atoms with Gasteiger partial charge in [-0.25, -0.2) is 9.97 Å². The van der Waals surface area contributed by atoms with E-state index in [9.17, 15) is 15.0 Å². The summed E-state index contributed by atoms with van der Waals surface area (Å²) in [5.41, 5.74) is 7.19. The molecule has 0 bridgehead atoms. The number of aliphatic hydroxyl groups excluding tert-OH is 1. The van der Waals surface area contributed by atoms with Gasteiger partial charge in [0.1, 0.15) is 5.60 Å². The predicted molar refractivity (Wildman–Crippen MR) is 126 cm³/mol. The van der Waals surface area contributed by atoms with Crippen LogP contribution in [0, 0.1) is 0 Å². The summed E-state index contributed by atoms with van der Waals surface area (Å²) in [4.78, 5) is 25.9. The molecule has 2 aromatic heterocycles. The fourth-order valence-corrected chi connectivity index (χ4v) is 4.86. The third-order valence-corrected chi connectivity index (χ3v) is 6.73. The molecule has 1 saturated carbocycles. The first-order valence-electron chi connectivity index (χ1n) is 11.4. The van der Waals surface area contributed by atoms with Crippen LogP contribution < -0.4 is 11.1 Å². The molecule has 0 spiro atoms. The Balaban J connectivity index is 1.40. The number of ether oxygens (including phenoxy) is 1. The maximum atomic E-state index is 13.1. The normalized spacial score (nSPS) is 26.5. The van der Waals surface area contributed by atoms with Gasteiger partial charge in [0.2, 0.25) is 0 Å². The monoisotopic (exact) mass is 461 g/mol. The van der Waals surface area contributed by atoms with Crippen LogP contribution in [0.4, 0.5) is 11.5 Å². The number of anilines is 2. The smallest absolute Gasteiger partial charge is 0.278 e. The van der Waals surface area contributed by atoms with Crippen LogP contribution in [0.5, 0.6) is 0 Å². The number of hydrogen-bond donors (Lipinski definition) is 4. The van der Waals surface area contributed by atoms with E-state index in [-0.39, 0.29) is 17.9 Å². The molecule has 2 fully saturated rings. The minimum absolute atomic E-state index is 0.00223. The van der Waals surface area contributed by atoms with Crippen LogP contribution in [0.15, 0.2) is 55.0 Å². The molecule has 3 aromatic rings. The molecular formula is C25H27N5O4. The van der Waals surface area contributed by atoms with Crippen molar-refractivity contribution < 1.29 is 19.7 Å². The molecule has 9 nitrogen and oxygen atoms in total. The second-order valence-electron chi connectivity index (χ2n) is 8.87. The van der Waals surface area contributed by atoms with Gasteiger partial charge in [-0.2, -0.15) is 0 Å². The van der Waals surface area contributed by atoms with Crippen LogP contribution >= 0.6 is 0 Å². The minimum atomic E-state index is -1.23. The van der Waals surface area contributed by atoms with Crippen molar-refractivity contribution in [3.63, 3.8) is 0 Å². The molecule has 4 unspecified atom stereocenters. The third kappa shape index (κ3) is 4.13. The first-order chi connectivity index (χ1) is 16.5. The van der Waals surface area contributed by atoms with Crippen molar-refractivity contribution in [3.05, 3.63) is 66.2 Å². The number of carbonyl (C=O) groups is 1. The number of aromatic nitrogens is 3. The van der Waals surface area contributed by atoms with Crippen LogP contribution in [-0.4, -0.2) is 48.9 Å². The van der Waals surface area contributed by atoms with Gasteiger partial charge in [0.05, 0.1) is 42.1 Å². The lowest BCUT2D eigenvalue weighted by atomic mass is 9.74. The number of carbonyl (C=O) groups excluding carboxylic acids is 1. The van der Waals surface area contributed by atoms with Crippen LogP contribution in [0.25, 0.3) is 11.3 Å². The average molecular weight is 462 g/mol. The van der Waals surface area contributed by atoms with E-state index in [2.05, 4.69) is 20.3 Å². The molecule has 5 rings (SSSR count). The van der Waals surface area contributed by atoms with E-state index in [1.165, 1.54) is 12.4 Å². The highest BCUT2D eigenvalue weighted by Gasteiger charge is 2.51. The van der Waals surface area contributed by atoms with Gasteiger partial charge in [-0.05, 0) is 18.9 Å². The summed E-state index contributed by atoms with van der Waals surface area (Å²) < 4.78 is 6.24. The molecule has 9 heteroatoms. The Kier molecular flexibility index (Phi) is 5.99. The maximum Gasteiger partial charge on any atom is 0.278 e. The number of aliphatic hydroxyl groups is 2. The van der Waals surface area contributed by atoms with E-state index in [1.54, 1.807) is 12.3 Å². The number of hydrogen-bond acceptors (Lipinski definition) is 8. The number of nitrogens with zero attached hydrogens (tertiary/aromatic N) is 3. The van der Waals surface area contributed by atoms with Crippen molar-refractivity contribution >= 4 is 17.4 Å². The molecule has 0 radical (unpaired) electrons. The number of pyridine rings is 1. The number of nitrogen functional groups attached to an aromatic ring is 1. The van der Waals surface area contributed by atoms with Crippen molar-refractivity contribution in [2.75, 3.05) is 11.1 Å². The average Bonchev–Trinajstić information content (AvgIpc) is 2.85. The standard InChI is InChI=1S/C25H27N5O4/c26-23-22(29-17(14-28-23)15-6-2-1-3-7-15)24(32)30-18-13-27-11-9-16(18)19-12-20(31)25(33)10-5-4-8-21(25)34-19/h1-3,6-7,9,11,13-14,19-21,31,33H,4-5,8,10,12H2,(H2,26,28)(H,30,32). The zero-order chi connectivity index (χ0) is 23.7. The summed E-state index contributed by atoms with van der Waals surface area (Å²) in [6, 6.07) is 11.1. The van der Waals surface area contributed by atoms with Gasteiger partial charge in [0.15, 0.2) is 11.5 Å². The molecule has 176 valence electrons. The lowest BCUT2D eigenvalue weighted by Crippen LogP contribution is -2.58. The lowest BCUT2D eigenvalue weighted by Gasteiger charge is -2.49. The number of amides is 1. The lowest BCUT2D eigenvalue weighted by molar-refractivity contribution is -0.242. The molecule has 4 atom stereocenters. The minimum Gasteiger partial charge on any atom is -0.390 e. The van der Waals surface area contributed by atoms with E-state index in [1.807, 2.05) is 30.3 Å². The Labute approximate surface area is 197 Å². The summed E-state index contributed by atoms with van der Waals surface area (Å²) in [5, 5.41) is 24.5. The molecule has 1 saturated heterocycles. The van der Waals surface area contributed by atoms with Crippen LogP contribution in [-0.2, 0) is 4.74 Å². The quantitative estimate of drug-likeness (QED) is 0.464. The van der Waals surface area contributed by atoms with Gasteiger partial charge in [-0.3, -0.25) is 9.78 Å². The Morgan fingerprint density at radius 1 is 1.18 bits per heavy atom. The van der Waals surface area contributed by atoms with Crippen molar-refractivity contribution in [3.8, 4) is 11.3 Å². The van der Waals surface area contributed by atoms with E-state index in [0.717, 1.165) is 18.4 Å². The highest BCUT2D eigenvalue weighted by Crippen LogP contribution is 2.45. The molecular weight excluding hydrogens is 434 g/mol. The fraction of sp³-hybridized carbons (Fsp3) is 0.360. The van der Waals surface area contributed by atoms with Gasteiger partial charge in [-0.1, -0.05) is 43.2 Å². The van der Waals surface area contributed by atoms with Crippen LogP contribution in [0.1, 0.15) is 54.3 Å².